The topological polar surface area (TPSA) is 100 Å². The molecule has 1 aromatic carbocycles. The van der Waals surface area contributed by atoms with Crippen LogP contribution in [-0.4, -0.2) is 68.9 Å². The zero-order valence-corrected chi connectivity index (χ0v) is 22.5. The fraction of sp³-hybridized carbons (Fsp3) is 0.500. The number of pyridine rings is 1. The second kappa shape index (κ2) is 8.53. The number of fused-ring (bicyclic) bond motifs is 4. The number of methoxy groups -OCH3 is 1. The lowest BCUT2D eigenvalue weighted by molar-refractivity contribution is 0.00682. The number of aryl methyl sites for hydroxylation is 1. The first kappa shape index (κ1) is 23.5. The van der Waals surface area contributed by atoms with Crippen molar-refractivity contribution in [2.75, 3.05) is 26.9 Å². The average molecular weight is 527 g/mol. The number of nitrogens with two attached hydrogens (primary N) is 1. The maximum Gasteiger partial charge on any atom is 0.254 e. The van der Waals surface area contributed by atoms with Gasteiger partial charge in [-0.05, 0) is 67.9 Å². The number of hydrogen-bond donors (Lipinski definition) is 1. The Kier molecular flexibility index (Phi) is 5.13. The Labute approximate surface area is 226 Å². The van der Waals surface area contributed by atoms with E-state index in [1.165, 1.54) is 12.8 Å². The van der Waals surface area contributed by atoms with Crippen molar-refractivity contribution < 1.29 is 14.3 Å². The van der Waals surface area contributed by atoms with Crippen LogP contribution in [0.15, 0.2) is 30.3 Å². The molecule has 9 heteroatoms. The quantitative estimate of drug-likeness (QED) is 0.411. The highest BCUT2D eigenvalue weighted by molar-refractivity contribution is 6.00. The molecule has 3 atom stereocenters. The van der Waals surface area contributed by atoms with Crippen LogP contribution in [0.2, 0.25) is 0 Å². The third kappa shape index (κ3) is 3.55. The first-order valence-corrected chi connectivity index (χ1v) is 14.2. The van der Waals surface area contributed by atoms with Crippen LogP contribution < -0.4 is 10.5 Å². The monoisotopic (exact) mass is 526 g/mol. The Balaban J connectivity index is 1.24. The third-order valence-corrected chi connectivity index (χ3v) is 9.50. The van der Waals surface area contributed by atoms with Crippen LogP contribution in [0.1, 0.15) is 47.7 Å². The summed E-state index contributed by atoms with van der Waals surface area (Å²) in [6.07, 6.45) is 4.60. The maximum atomic E-state index is 13.6. The Morgan fingerprint density at radius 3 is 2.64 bits per heavy atom. The predicted molar refractivity (Wildman–Crippen MR) is 148 cm³/mol. The number of benzene rings is 1. The van der Waals surface area contributed by atoms with E-state index in [2.05, 4.69) is 27.3 Å². The summed E-state index contributed by atoms with van der Waals surface area (Å²) in [5.41, 5.74) is 11.8. The van der Waals surface area contributed by atoms with E-state index in [1.807, 2.05) is 24.1 Å². The van der Waals surface area contributed by atoms with Crippen LogP contribution in [0, 0.1) is 11.8 Å². The molecule has 9 nitrogen and oxygen atoms in total. The molecule has 0 radical (unpaired) electrons. The number of carbonyl (C=O) groups is 1. The van der Waals surface area contributed by atoms with Gasteiger partial charge in [0.25, 0.3) is 5.91 Å². The van der Waals surface area contributed by atoms with E-state index in [1.54, 1.807) is 7.11 Å². The molecule has 4 fully saturated rings. The number of imidazole rings is 1. The van der Waals surface area contributed by atoms with Crippen LogP contribution in [-0.2, 0) is 18.3 Å². The molecule has 0 spiro atoms. The average Bonchev–Trinajstić information content (AvgIpc) is 3.32. The largest absolute Gasteiger partial charge is 0.494 e. The number of aromatic nitrogens is 4. The fourth-order valence-corrected chi connectivity index (χ4v) is 6.97. The zero-order valence-electron chi connectivity index (χ0n) is 22.5. The fourth-order valence-electron chi connectivity index (χ4n) is 6.97. The summed E-state index contributed by atoms with van der Waals surface area (Å²) in [5.74, 6) is 2.98. The van der Waals surface area contributed by atoms with E-state index in [0.29, 0.717) is 29.1 Å². The van der Waals surface area contributed by atoms with E-state index >= 15 is 0 Å². The molecule has 2 saturated carbocycles. The molecular formula is C30H34N6O3. The molecule has 4 aliphatic rings. The SMILES string of the molecule is COc1cc(C(=O)N2C[C@H]3CC[C@@H]2[C@@H]3N)cc2nc(-c3cc4ccc(C5COC5)nc4n3CC3CC3)n(C)c12. The van der Waals surface area contributed by atoms with Crippen molar-refractivity contribution in [1.29, 1.82) is 0 Å². The van der Waals surface area contributed by atoms with Crippen molar-refractivity contribution in [2.45, 2.75) is 50.2 Å². The molecule has 2 N–H and O–H groups in total. The van der Waals surface area contributed by atoms with Crippen molar-refractivity contribution >= 4 is 28.0 Å². The van der Waals surface area contributed by atoms with Crippen molar-refractivity contribution in [3.63, 3.8) is 0 Å². The highest BCUT2D eigenvalue weighted by atomic mass is 16.5. The van der Waals surface area contributed by atoms with Gasteiger partial charge in [0, 0.05) is 49.1 Å². The first-order chi connectivity index (χ1) is 19.0. The number of carbonyl (C=O) groups excluding carboxylic acids is 1. The first-order valence-electron chi connectivity index (χ1n) is 14.2. The molecule has 4 aromatic rings. The van der Waals surface area contributed by atoms with Gasteiger partial charge < -0.3 is 29.2 Å². The van der Waals surface area contributed by atoms with Crippen molar-refractivity contribution in [3.8, 4) is 17.3 Å². The summed E-state index contributed by atoms with van der Waals surface area (Å²) in [6, 6.07) is 10.5. The lowest BCUT2D eigenvalue weighted by Crippen LogP contribution is -2.41. The van der Waals surface area contributed by atoms with Gasteiger partial charge in [-0.2, -0.15) is 0 Å². The van der Waals surface area contributed by atoms with E-state index in [4.69, 9.17) is 25.2 Å². The van der Waals surface area contributed by atoms with Crippen LogP contribution in [0.3, 0.4) is 0 Å². The van der Waals surface area contributed by atoms with Gasteiger partial charge in [-0.3, -0.25) is 4.79 Å². The normalized spacial score (nSPS) is 24.7. The second-order valence-electron chi connectivity index (χ2n) is 11.9. The molecule has 3 aromatic heterocycles. The lowest BCUT2D eigenvalue weighted by Gasteiger charge is -2.27. The van der Waals surface area contributed by atoms with Crippen molar-refractivity contribution in [1.82, 2.24) is 24.0 Å². The number of amides is 1. The summed E-state index contributed by atoms with van der Waals surface area (Å²) >= 11 is 0. The van der Waals surface area contributed by atoms with Gasteiger partial charge >= 0.3 is 0 Å². The molecule has 2 aliphatic carbocycles. The zero-order chi connectivity index (χ0) is 26.4. The molecule has 0 unspecified atom stereocenters. The van der Waals surface area contributed by atoms with Crippen LogP contribution in [0.5, 0.6) is 5.75 Å². The minimum Gasteiger partial charge on any atom is -0.494 e. The molecule has 2 aliphatic heterocycles. The highest BCUT2D eigenvalue weighted by Crippen LogP contribution is 2.40. The second-order valence-corrected chi connectivity index (χ2v) is 11.9. The molecule has 2 bridgehead atoms. The summed E-state index contributed by atoms with van der Waals surface area (Å²) in [4.78, 5) is 25.8. The molecule has 202 valence electrons. The van der Waals surface area contributed by atoms with Gasteiger partial charge in [0.05, 0.1) is 37.2 Å². The summed E-state index contributed by atoms with van der Waals surface area (Å²) in [7, 11) is 3.68. The number of hydrogen-bond acceptors (Lipinski definition) is 6. The van der Waals surface area contributed by atoms with Crippen LogP contribution in [0.4, 0.5) is 0 Å². The Morgan fingerprint density at radius 2 is 1.97 bits per heavy atom. The van der Waals surface area contributed by atoms with E-state index in [0.717, 1.165) is 78.4 Å². The van der Waals surface area contributed by atoms with Gasteiger partial charge in [0.15, 0.2) is 5.82 Å². The Bertz CT molecular complexity index is 1630. The van der Waals surface area contributed by atoms with E-state index in [9.17, 15) is 4.79 Å². The van der Waals surface area contributed by atoms with Gasteiger partial charge in [-0.25, -0.2) is 9.97 Å². The number of likely N-dealkylation sites (tertiary alicyclic amines) is 1. The molecule has 2 saturated heterocycles. The van der Waals surface area contributed by atoms with Crippen LogP contribution >= 0.6 is 0 Å². The molecular weight excluding hydrogens is 492 g/mol. The molecule has 5 heterocycles. The van der Waals surface area contributed by atoms with Crippen LogP contribution in [0.25, 0.3) is 33.6 Å². The summed E-state index contributed by atoms with van der Waals surface area (Å²) < 4.78 is 15.7. The lowest BCUT2D eigenvalue weighted by atomic mass is 10.0. The highest BCUT2D eigenvalue weighted by Gasteiger charge is 2.47. The third-order valence-electron chi connectivity index (χ3n) is 9.50. The number of piperidine rings is 1. The molecule has 1 amide bonds. The summed E-state index contributed by atoms with van der Waals surface area (Å²) in [6.45, 7) is 3.15. The number of ether oxygens (including phenoxy) is 2. The van der Waals surface area contributed by atoms with Crippen molar-refractivity contribution in [3.05, 3.63) is 41.6 Å². The maximum absolute atomic E-state index is 13.6. The van der Waals surface area contributed by atoms with Gasteiger partial charge in [0.2, 0.25) is 0 Å². The van der Waals surface area contributed by atoms with Gasteiger partial charge in [-0.1, -0.05) is 0 Å². The number of rotatable bonds is 6. The van der Waals surface area contributed by atoms with Gasteiger partial charge in [-0.15, -0.1) is 0 Å². The minimum absolute atomic E-state index is 0.0182. The van der Waals surface area contributed by atoms with Crippen molar-refractivity contribution in [2.24, 2.45) is 24.6 Å². The van der Waals surface area contributed by atoms with E-state index in [-0.39, 0.29) is 18.0 Å². The predicted octanol–water partition coefficient (Wildman–Crippen LogP) is 3.68. The number of nitrogens with zero attached hydrogens (tertiary/aromatic N) is 5. The molecule has 8 rings (SSSR count). The Morgan fingerprint density at radius 1 is 1.13 bits per heavy atom. The minimum atomic E-state index is 0.0182. The van der Waals surface area contributed by atoms with E-state index < -0.39 is 0 Å². The molecule has 39 heavy (non-hydrogen) atoms. The smallest absolute Gasteiger partial charge is 0.254 e. The van der Waals surface area contributed by atoms with Gasteiger partial charge in [0.1, 0.15) is 16.9 Å². The Hall–Kier alpha value is -3.43. The summed E-state index contributed by atoms with van der Waals surface area (Å²) in [5, 5.41) is 1.12. The standard InChI is InChI=1S/C30H34N6O3/c1-34-27-22(9-19(11-25(27)38-2)30(37)36-13-18-6-8-23(36)26(18)31)33-29(34)24-10-17-5-7-21(20-14-39-15-20)32-28(17)35(24)12-16-3-4-16/h5,7,9-11,16,18,20,23,26H,3-4,6,8,12-15,31H2,1-2H3/t18-,23-,26-/m1/s1.